The van der Waals surface area contributed by atoms with Gasteiger partial charge in [-0.15, -0.1) is 0 Å². The van der Waals surface area contributed by atoms with Crippen LogP contribution in [0.5, 0.6) is 0 Å². The smallest absolute Gasteiger partial charge is 0.330 e. The van der Waals surface area contributed by atoms with Crippen LogP contribution in [0.1, 0.15) is 84.5 Å². The second-order valence-corrected chi connectivity index (χ2v) is 9.39. The van der Waals surface area contributed by atoms with Crippen LogP contribution in [0.25, 0.3) is 0 Å². The van der Waals surface area contributed by atoms with Gasteiger partial charge in [-0.05, 0) is 96.9 Å². The summed E-state index contributed by atoms with van der Waals surface area (Å²) >= 11 is 0. The predicted molar refractivity (Wildman–Crippen MR) is 145 cm³/mol. The van der Waals surface area contributed by atoms with E-state index in [4.69, 9.17) is 31.3 Å². The summed E-state index contributed by atoms with van der Waals surface area (Å²) in [6.07, 6.45) is 10.6. The van der Waals surface area contributed by atoms with Crippen molar-refractivity contribution >= 4 is 29.7 Å². The first kappa shape index (κ1) is 31.7. The summed E-state index contributed by atoms with van der Waals surface area (Å²) in [6.45, 7) is 6.36. The lowest BCUT2D eigenvalue weighted by atomic mass is 9.86. The van der Waals surface area contributed by atoms with Gasteiger partial charge < -0.3 is 31.7 Å². The van der Waals surface area contributed by atoms with Gasteiger partial charge in [-0.25, -0.2) is 4.79 Å². The van der Waals surface area contributed by atoms with E-state index in [1.807, 2.05) is 6.92 Å². The van der Waals surface area contributed by atoms with Gasteiger partial charge in [0, 0.05) is 25.0 Å². The molecule has 0 amide bonds. The molecule has 10 heteroatoms. The molecule has 0 bridgehead atoms. The molecule has 36 heavy (non-hydrogen) atoms. The van der Waals surface area contributed by atoms with Crippen molar-refractivity contribution in [1.82, 2.24) is 5.32 Å². The van der Waals surface area contributed by atoms with Gasteiger partial charge in [0.1, 0.15) is 12.1 Å². The summed E-state index contributed by atoms with van der Waals surface area (Å²) in [5.74, 6) is 0.464. The molecule has 0 radical (unpaired) electrons. The number of amidine groups is 1. The number of unbranched alkanes of at least 4 members (excludes halogenated alkanes) is 2. The lowest BCUT2D eigenvalue weighted by Gasteiger charge is -2.24. The highest BCUT2D eigenvalue weighted by Gasteiger charge is 2.23. The normalized spacial score (nSPS) is 17.8. The summed E-state index contributed by atoms with van der Waals surface area (Å²) in [5, 5.41) is 10.2. The minimum Gasteiger partial charge on any atom is -0.465 e. The summed E-state index contributed by atoms with van der Waals surface area (Å²) in [6, 6.07) is -1.03. The molecule has 10 nitrogen and oxygen atoms in total. The van der Waals surface area contributed by atoms with Crippen LogP contribution in [0.2, 0.25) is 0 Å². The number of nitrogens with zero attached hydrogens (tertiary/aromatic N) is 2. The van der Waals surface area contributed by atoms with Gasteiger partial charge in [0.2, 0.25) is 0 Å². The Balaban J connectivity index is 2.33. The summed E-state index contributed by atoms with van der Waals surface area (Å²) < 4.78 is 10.7. The zero-order valence-corrected chi connectivity index (χ0v) is 22.3. The van der Waals surface area contributed by atoms with E-state index >= 15 is 0 Å². The Labute approximate surface area is 216 Å². The molecule has 0 aromatic carbocycles. The van der Waals surface area contributed by atoms with Crippen LogP contribution in [0.4, 0.5) is 0 Å². The summed E-state index contributed by atoms with van der Waals surface area (Å²) in [4.78, 5) is 33.4. The van der Waals surface area contributed by atoms with E-state index in [-0.39, 0.29) is 11.9 Å². The minimum absolute atomic E-state index is 0.245. The lowest BCUT2D eigenvalue weighted by Crippen LogP contribution is -2.32. The number of ether oxygens (including phenoxy) is 2. The molecule has 0 aliphatic heterocycles. The Hall–Kier alpha value is -2.33. The van der Waals surface area contributed by atoms with Crippen LogP contribution in [0.3, 0.4) is 0 Å². The molecule has 1 aliphatic rings. The minimum atomic E-state index is -0.593. The van der Waals surface area contributed by atoms with Crippen LogP contribution < -0.4 is 16.8 Å². The number of hydrogen-bond donors (Lipinski definition) is 4. The van der Waals surface area contributed by atoms with E-state index in [0.29, 0.717) is 50.9 Å². The Morgan fingerprint density at radius 3 is 2.53 bits per heavy atom. The standard InChI is InChI=1S/C26H48N6O4/c1-3-35-26(34)24(9-5-6-16-30-18-15-27)32-22-12-10-21(11-13-22)14-19-36-25(33)23(29)8-4-7-17-31-20(2)28/h15,21,23-24,27,30H,3-14,16-19,29H2,1-2H3,(H2,28,31). The molecule has 206 valence electrons. The van der Waals surface area contributed by atoms with E-state index in [2.05, 4.69) is 10.3 Å². The van der Waals surface area contributed by atoms with Crippen LogP contribution in [0, 0.1) is 11.3 Å². The molecular formula is C26H48N6O4. The van der Waals surface area contributed by atoms with Gasteiger partial charge in [0.25, 0.3) is 0 Å². The zero-order valence-electron chi connectivity index (χ0n) is 22.3. The fourth-order valence-electron chi connectivity index (χ4n) is 4.17. The zero-order chi connectivity index (χ0) is 26.6. The second kappa shape index (κ2) is 19.8. The molecule has 0 aromatic heterocycles. The third-order valence-electron chi connectivity index (χ3n) is 6.26. The maximum absolute atomic E-state index is 12.4. The number of rotatable bonds is 19. The average molecular weight is 509 g/mol. The third kappa shape index (κ3) is 14.9. The average Bonchev–Trinajstić information content (AvgIpc) is 2.85. The fraction of sp³-hybridized carbons (Fsp3) is 0.808. The number of hydrogen-bond acceptors (Lipinski definition) is 9. The molecule has 0 spiro atoms. The van der Waals surface area contributed by atoms with Crippen LogP contribution in [-0.2, 0) is 19.1 Å². The number of nitrogens with one attached hydrogen (secondary N) is 2. The van der Waals surface area contributed by atoms with E-state index in [1.165, 1.54) is 6.21 Å². The monoisotopic (exact) mass is 508 g/mol. The number of esters is 2. The topological polar surface area (TPSA) is 165 Å². The first-order chi connectivity index (χ1) is 17.4. The molecule has 1 aliphatic carbocycles. The maximum atomic E-state index is 12.4. The van der Waals surface area contributed by atoms with Gasteiger partial charge in [0.15, 0.2) is 0 Å². The van der Waals surface area contributed by atoms with Gasteiger partial charge >= 0.3 is 11.9 Å². The molecule has 1 saturated carbocycles. The first-order valence-corrected chi connectivity index (χ1v) is 13.5. The number of carbonyl (C=O) groups is 2. The largest absolute Gasteiger partial charge is 0.465 e. The van der Waals surface area contributed by atoms with E-state index in [1.54, 1.807) is 6.92 Å². The molecule has 2 atom stereocenters. The Morgan fingerprint density at radius 2 is 1.86 bits per heavy atom. The highest BCUT2D eigenvalue weighted by atomic mass is 16.5. The van der Waals surface area contributed by atoms with Crippen molar-refractivity contribution in [2.24, 2.45) is 27.4 Å². The first-order valence-electron chi connectivity index (χ1n) is 13.5. The van der Waals surface area contributed by atoms with Gasteiger partial charge in [-0.2, -0.15) is 0 Å². The number of nitrogens with two attached hydrogens (primary N) is 2. The van der Waals surface area contributed by atoms with E-state index in [0.717, 1.165) is 70.0 Å². The summed E-state index contributed by atoms with van der Waals surface area (Å²) in [7, 11) is 0. The summed E-state index contributed by atoms with van der Waals surface area (Å²) in [5.41, 5.74) is 12.5. The third-order valence-corrected chi connectivity index (χ3v) is 6.26. The Bertz CT molecular complexity index is 699. The predicted octanol–water partition coefficient (Wildman–Crippen LogP) is 2.77. The van der Waals surface area contributed by atoms with E-state index < -0.39 is 12.1 Å². The number of carbonyl (C=O) groups excluding carboxylic acids is 2. The quantitative estimate of drug-likeness (QED) is 0.0901. The molecule has 0 heterocycles. The molecule has 1 fully saturated rings. The highest BCUT2D eigenvalue weighted by Crippen LogP contribution is 2.26. The number of aliphatic imine (C=N–C) groups is 2. The molecule has 6 N–H and O–H groups in total. The van der Waals surface area contributed by atoms with Gasteiger partial charge in [-0.3, -0.25) is 14.8 Å². The molecule has 1 rings (SSSR count). The molecular weight excluding hydrogens is 460 g/mol. The van der Waals surface area contributed by atoms with Gasteiger partial charge in [-0.1, -0.05) is 0 Å². The highest BCUT2D eigenvalue weighted by molar-refractivity contribution is 5.88. The van der Waals surface area contributed by atoms with Crippen molar-refractivity contribution in [2.45, 2.75) is 96.6 Å². The van der Waals surface area contributed by atoms with Crippen LogP contribution in [0.15, 0.2) is 9.98 Å². The Morgan fingerprint density at radius 1 is 1.14 bits per heavy atom. The molecule has 2 unspecified atom stereocenters. The van der Waals surface area contributed by atoms with Crippen LogP contribution in [-0.4, -0.2) is 74.6 Å². The van der Waals surface area contributed by atoms with E-state index in [9.17, 15) is 9.59 Å². The van der Waals surface area contributed by atoms with Crippen molar-refractivity contribution in [2.75, 3.05) is 32.8 Å². The van der Waals surface area contributed by atoms with Crippen molar-refractivity contribution in [1.29, 1.82) is 5.41 Å². The Kier molecular flexibility index (Phi) is 17.4. The van der Waals surface area contributed by atoms with Crippen LogP contribution >= 0.6 is 0 Å². The lowest BCUT2D eigenvalue weighted by molar-refractivity contribution is -0.146. The van der Waals surface area contributed by atoms with Crippen molar-refractivity contribution in [3.63, 3.8) is 0 Å². The van der Waals surface area contributed by atoms with Crippen molar-refractivity contribution in [3.8, 4) is 0 Å². The molecule has 0 aromatic rings. The second-order valence-electron chi connectivity index (χ2n) is 9.39. The SMILES string of the molecule is CCOC(=O)C(CCCCNCC=N)N=C1CCC(CCOC(=O)C(N)CCCCN=C(C)N)CC1. The fourth-order valence-corrected chi connectivity index (χ4v) is 4.17. The van der Waals surface area contributed by atoms with Crippen molar-refractivity contribution in [3.05, 3.63) is 0 Å². The van der Waals surface area contributed by atoms with Crippen molar-refractivity contribution < 1.29 is 19.1 Å². The maximum Gasteiger partial charge on any atom is 0.330 e. The van der Waals surface area contributed by atoms with Gasteiger partial charge in [0.05, 0.1) is 19.0 Å². The molecule has 0 saturated heterocycles.